The molecule has 0 saturated heterocycles. The molecule has 26 heavy (non-hydrogen) atoms. The highest BCUT2D eigenvalue weighted by Gasteiger charge is 2.02. The van der Waals surface area contributed by atoms with Crippen molar-refractivity contribution in [2.75, 3.05) is 19.0 Å². The zero-order valence-electron chi connectivity index (χ0n) is 15.0. The molecule has 0 amide bonds. The summed E-state index contributed by atoms with van der Waals surface area (Å²) in [5.41, 5.74) is 4.32. The Balaban J connectivity index is 1.62. The van der Waals surface area contributed by atoms with E-state index in [1.165, 1.54) is 16.5 Å². The lowest BCUT2D eigenvalue weighted by atomic mass is 10.1. The van der Waals surface area contributed by atoms with Crippen LogP contribution >= 0.6 is 0 Å². The third kappa shape index (κ3) is 3.24. The second-order valence-corrected chi connectivity index (χ2v) is 6.50. The molecule has 1 heterocycles. The molecule has 0 atom stereocenters. The summed E-state index contributed by atoms with van der Waals surface area (Å²) in [7, 11) is 4.10. The zero-order valence-corrected chi connectivity index (χ0v) is 15.0. The average molecular weight is 339 g/mol. The molecule has 128 valence electrons. The summed E-state index contributed by atoms with van der Waals surface area (Å²) in [6, 6.07) is 27.2. The summed E-state index contributed by atoms with van der Waals surface area (Å²) >= 11 is 0. The van der Waals surface area contributed by atoms with Crippen molar-refractivity contribution in [3.63, 3.8) is 0 Å². The number of fused-ring (bicyclic) bond motifs is 1. The minimum Gasteiger partial charge on any atom is -0.378 e. The summed E-state index contributed by atoms with van der Waals surface area (Å²) < 4.78 is 2.14. The number of aromatic nitrogens is 1. The van der Waals surface area contributed by atoms with Crippen molar-refractivity contribution in [3.05, 3.63) is 90.8 Å². The lowest BCUT2D eigenvalue weighted by Gasteiger charge is -2.13. The quantitative estimate of drug-likeness (QED) is 0.453. The molecule has 0 radical (unpaired) electrons. The molecule has 0 fully saturated rings. The van der Waals surface area contributed by atoms with Crippen LogP contribution in [0.2, 0.25) is 0 Å². The molecular weight excluding hydrogens is 318 g/mol. The number of hydrogen-bond donors (Lipinski definition) is 0. The topological polar surface area (TPSA) is 20.5 Å². The maximum absolute atomic E-state index is 4.68. The van der Waals surface area contributed by atoms with Gasteiger partial charge >= 0.3 is 0 Å². The minimum atomic E-state index is 0.958. The van der Waals surface area contributed by atoms with Gasteiger partial charge in [0.05, 0.1) is 17.6 Å². The van der Waals surface area contributed by atoms with Crippen molar-refractivity contribution in [3.8, 4) is 5.69 Å². The molecule has 3 aromatic carbocycles. The highest BCUT2D eigenvalue weighted by atomic mass is 15.1. The van der Waals surface area contributed by atoms with E-state index in [0.717, 1.165) is 17.1 Å². The van der Waals surface area contributed by atoms with E-state index in [4.69, 9.17) is 0 Å². The van der Waals surface area contributed by atoms with E-state index in [2.05, 4.69) is 93.5 Å². The second-order valence-electron chi connectivity index (χ2n) is 6.50. The molecule has 4 aromatic rings. The summed E-state index contributed by atoms with van der Waals surface area (Å²) in [6.45, 7) is 0. The van der Waals surface area contributed by atoms with Crippen molar-refractivity contribution in [1.29, 1.82) is 0 Å². The summed E-state index contributed by atoms with van der Waals surface area (Å²) in [4.78, 5) is 6.78. The number of hydrogen-bond acceptors (Lipinski definition) is 2. The van der Waals surface area contributed by atoms with Gasteiger partial charge in [-0.3, -0.25) is 4.99 Å². The lowest BCUT2D eigenvalue weighted by molar-refractivity contribution is 1.06. The van der Waals surface area contributed by atoms with Gasteiger partial charge in [-0.1, -0.05) is 30.3 Å². The SMILES string of the molecule is CN(C)c1ccc(-n2cccc2C=Nc2ccc3ccccc3c2)cc1. The van der Waals surface area contributed by atoms with Crippen molar-refractivity contribution in [2.24, 2.45) is 4.99 Å². The smallest absolute Gasteiger partial charge is 0.0639 e. The van der Waals surface area contributed by atoms with Crippen molar-refractivity contribution < 1.29 is 0 Å². The number of benzene rings is 3. The molecule has 0 N–H and O–H groups in total. The maximum atomic E-state index is 4.68. The number of rotatable bonds is 4. The van der Waals surface area contributed by atoms with Gasteiger partial charge in [-0.15, -0.1) is 0 Å². The van der Waals surface area contributed by atoms with Gasteiger partial charge in [-0.25, -0.2) is 0 Å². The highest BCUT2D eigenvalue weighted by molar-refractivity contribution is 5.87. The Kier molecular flexibility index (Phi) is 4.28. The van der Waals surface area contributed by atoms with E-state index in [0.29, 0.717) is 0 Å². The molecule has 4 rings (SSSR count). The van der Waals surface area contributed by atoms with Crippen LogP contribution in [0.1, 0.15) is 5.69 Å². The molecule has 1 aromatic heterocycles. The predicted octanol–water partition coefficient (Wildman–Crippen LogP) is 5.45. The van der Waals surface area contributed by atoms with Gasteiger partial charge in [0, 0.05) is 31.7 Å². The van der Waals surface area contributed by atoms with Crippen LogP contribution in [0, 0.1) is 0 Å². The lowest BCUT2D eigenvalue weighted by Crippen LogP contribution is -2.08. The fraction of sp³-hybridized carbons (Fsp3) is 0.0870. The fourth-order valence-corrected chi connectivity index (χ4v) is 3.04. The van der Waals surface area contributed by atoms with Gasteiger partial charge in [0.25, 0.3) is 0 Å². The first kappa shape index (κ1) is 16.2. The first-order chi connectivity index (χ1) is 12.7. The molecule has 0 spiro atoms. The highest BCUT2D eigenvalue weighted by Crippen LogP contribution is 2.22. The van der Waals surface area contributed by atoms with E-state index in [1.54, 1.807) is 0 Å². The van der Waals surface area contributed by atoms with E-state index < -0.39 is 0 Å². The summed E-state index contributed by atoms with van der Waals surface area (Å²) in [6.07, 6.45) is 3.98. The van der Waals surface area contributed by atoms with Crippen molar-refractivity contribution >= 4 is 28.4 Å². The van der Waals surface area contributed by atoms with Gasteiger partial charge in [-0.2, -0.15) is 0 Å². The van der Waals surface area contributed by atoms with Crippen LogP contribution in [-0.4, -0.2) is 24.9 Å². The minimum absolute atomic E-state index is 0.958. The summed E-state index contributed by atoms with van der Waals surface area (Å²) in [5.74, 6) is 0. The Labute approximate surface area is 153 Å². The van der Waals surface area contributed by atoms with E-state index >= 15 is 0 Å². The molecule has 3 heteroatoms. The first-order valence-electron chi connectivity index (χ1n) is 8.69. The molecule has 3 nitrogen and oxygen atoms in total. The van der Waals surface area contributed by atoms with E-state index in [9.17, 15) is 0 Å². The zero-order chi connectivity index (χ0) is 17.9. The standard InChI is InChI=1S/C23H21N3/c1-25(2)21-11-13-22(14-12-21)26-15-5-8-23(26)17-24-20-10-9-18-6-3-4-7-19(18)16-20/h3-17H,1-2H3. The van der Waals surface area contributed by atoms with Crippen LogP contribution in [0.15, 0.2) is 90.1 Å². The van der Waals surface area contributed by atoms with Crippen molar-refractivity contribution in [1.82, 2.24) is 4.57 Å². The largest absolute Gasteiger partial charge is 0.378 e. The Bertz CT molecular complexity index is 1060. The first-order valence-corrected chi connectivity index (χ1v) is 8.69. The predicted molar refractivity (Wildman–Crippen MR) is 111 cm³/mol. The van der Waals surface area contributed by atoms with Crippen molar-refractivity contribution in [2.45, 2.75) is 0 Å². The second kappa shape index (κ2) is 6.89. The molecule has 0 aliphatic carbocycles. The fourth-order valence-electron chi connectivity index (χ4n) is 3.04. The Hall–Kier alpha value is -3.33. The average Bonchev–Trinajstić information content (AvgIpc) is 3.15. The molecule has 0 saturated carbocycles. The molecule has 0 bridgehead atoms. The molecule has 0 aliphatic rings. The van der Waals surface area contributed by atoms with E-state index in [-0.39, 0.29) is 0 Å². The van der Waals surface area contributed by atoms with Gasteiger partial charge in [0.15, 0.2) is 0 Å². The third-order valence-corrected chi connectivity index (χ3v) is 4.50. The monoisotopic (exact) mass is 339 g/mol. The normalized spacial score (nSPS) is 11.3. The summed E-state index contributed by atoms with van der Waals surface area (Å²) in [5, 5.41) is 2.44. The van der Waals surface area contributed by atoms with Crippen LogP contribution in [0.4, 0.5) is 11.4 Å². The van der Waals surface area contributed by atoms with Crippen LogP contribution in [-0.2, 0) is 0 Å². The van der Waals surface area contributed by atoms with Crippen LogP contribution < -0.4 is 4.90 Å². The Morgan fingerprint density at radius 1 is 0.808 bits per heavy atom. The van der Waals surface area contributed by atoms with Gasteiger partial charge in [-0.05, 0) is 59.3 Å². The molecular formula is C23H21N3. The number of nitrogens with zero attached hydrogens (tertiary/aromatic N) is 3. The van der Waals surface area contributed by atoms with Gasteiger partial charge < -0.3 is 9.47 Å². The van der Waals surface area contributed by atoms with Gasteiger partial charge in [0.2, 0.25) is 0 Å². The number of anilines is 1. The molecule has 0 aliphatic heterocycles. The van der Waals surface area contributed by atoms with Gasteiger partial charge in [0.1, 0.15) is 0 Å². The Morgan fingerprint density at radius 2 is 1.58 bits per heavy atom. The number of aliphatic imine (C=N–C) groups is 1. The van der Waals surface area contributed by atoms with E-state index in [1.807, 2.05) is 26.4 Å². The third-order valence-electron chi connectivity index (χ3n) is 4.50. The maximum Gasteiger partial charge on any atom is 0.0639 e. The van der Waals surface area contributed by atoms with Crippen LogP contribution in [0.3, 0.4) is 0 Å². The Morgan fingerprint density at radius 3 is 2.35 bits per heavy atom. The van der Waals surface area contributed by atoms with Crippen LogP contribution in [0.25, 0.3) is 16.5 Å². The van der Waals surface area contributed by atoms with Crippen LogP contribution in [0.5, 0.6) is 0 Å². The molecule has 0 unspecified atom stereocenters.